The molecule has 25 heavy (non-hydrogen) atoms. The van der Waals surface area contributed by atoms with E-state index < -0.39 is 11.6 Å². The SMILES string of the molecule is Cc1cn2c(n1)CC[C@@H](NC(=O)CN1C(=O)N[C@](C)(C3CC3)C1=O)C2. The van der Waals surface area contributed by atoms with Gasteiger partial charge in [-0.3, -0.25) is 14.5 Å². The lowest BCUT2D eigenvalue weighted by Crippen LogP contribution is -2.48. The van der Waals surface area contributed by atoms with Gasteiger partial charge in [0.15, 0.2) is 0 Å². The number of imidazole rings is 1. The minimum absolute atomic E-state index is 0.0100. The van der Waals surface area contributed by atoms with Crippen LogP contribution in [0, 0.1) is 12.8 Å². The molecule has 0 radical (unpaired) electrons. The van der Waals surface area contributed by atoms with Gasteiger partial charge in [0, 0.05) is 25.2 Å². The molecule has 1 saturated heterocycles. The largest absolute Gasteiger partial charge is 0.350 e. The van der Waals surface area contributed by atoms with Crippen LogP contribution < -0.4 is 10.6 Å². The van der Waals surface area contributed by atoms with Gasteiger partial charge in [-0.05, 0) is 39.0 Å². The molecule has 3 aliphatic rings. The quantitative estimate of drug-likeness (QED) is 0.769. The molecule has 1 aromatic heterocycles. The standard InChI is InChI=1S/C17H23N5O3/c1-10-7-21-8-12(5-6-13(21)18-10)19-14(23)9-22-15(24)17(2,11-3-4-11)20-16(22)25/h7,11-12H,3-6,8-9H2,1-2H3,(H,19,23)(H,20,25)/t12-,17-/m1/s1. The van der Waals surface area contributed by atoms with Gasteiger partial charge in [-0.2, -0.15) is 0 Å². The van der Waals surface area contributed by atoms with Crippen LogP contribution in [-0.4, -0.2) is 50.4 Å². The molecule has 4 amide bonds. The molecule has 2 atom stereocenters. The predicted molar refractivity (Wildman–Crippen MR) is 88.6 cm³/mol. The summed E-state index contributed by atoms with van der Waals surface area (Å²) < 4.78 is 2.06. The van der Waals surface area contributed by atoms with Gasteiger partial charge in [0.2, 0.25) is 5.91 Å². The van der Waals surface area contributed by atoms with E-state index in [0.29, 0.717) is 6.54 Å². The second-order valence-electron chi connectivity index (χ2n) is 7.55. The Morgan fingerprint density at radius 2 is 2.16 bits per heavy atom. The van der Waals surface area contributed by atoms with Crippen LogP contribution in [0.3, 0.4) is 0 Å². The predicted octanol–water partition coefficient (Wildman–Crippen LogP) is 0.343. The summed E-state index contributed by atoms with van der Waals surface area (Å²) in [5.74, 6) is 0.649. The van der Waals surface area contributed by atoms with Crippen molar-refractivity contribution in [3.05, 3.63) is 17.7 Å². The number of aryl methyl sites for hydroxylation is 2. The van der Waals surface area contributed by atoms with Crippen LogP contribution >= 0.6 is 0 Å². The Hall–Kier alpha value is -2.38. The molecule has 3 heterocycles. The Balaban J connectivity index is 1.36. The zero-order valence-corrected chi connectivity index (χ0v) is 14.5. The van der Waals surface area contributed by atoms with E-state index in [9.17, 15) is 14.4 Å². The van der Waals surface area contributed by atoms with E-state index in [1.165, 1.54) is 0 Å². The second-order valence-corrected chi connectivity index (χ2v) is 7.55. The van der Waals surface area contributed by atoms with E-state index in [4.69, 9.17) is 0 Å². The Morgan fingerprint density at radius 3 is 2.88 bits per heavy atom. The number of urea groups is 1. The van der Waals surface area contributed by atoms with Gasteiger partial charge in [-0.25, -0.2) is 9.78 Å². The van der Waals surface area contributed by atoms with Crippen LogP contribution in [0.25, 0.3) is 0 Å². The van der Waals surface area contributed by atoms with E-state index >= 15 is 0 Å². The van der Waals surface area contributed by atoms with E-state index in [2.05, 4.69) is 20.2 Å². The first-order chi connectivity index (χ1) is 11.9. The van der Waals surface area contributed by atoms with Gasteiger partial charge in [0.1, 0.15) is 17.9 Å². The molecule has 4 rings (SSSR count). The smallest absolute Gasteiger partial charge is 0.325 e. The average Bonchev–Trinajstić information content (AvgIpc) is 3.30. The molecular formula is C17H23N5O3. The molecule has 0 bridgehead atoms. The van der Waals surface area contributed by atoms with Crippen molar-refractivity contribution in [1.82, 2.24) is 25.1 Å². The van der Waals surface area contributed by atoms with Crippen LogP contribution in [0.5, 0.6) is 0 Å². The van der Waals surface area contributed by atoms with Crippen molar-refractivity contribution in [1.29, 1.82) is 0 Å². The van der Waals surface area contributed by atoms with Crippen LogP contribution in [0.2, 0.25) is 0 Å². The summed E-state index contributed by atoms with van der Waals surface area (Å²) >= 11 is 0. The summed E-state index contributed by atoms with van der Waals surface area (Å²) in [5.41, 5.74) is 0.131. The molecule has 8 heteroatoms. The van der Waals surface area contributed by atoms with E-state index in [0.717, 1.165) is 42.1 Å². The zero-order valence-electron chi connectivity index (χ0n) is 14.5. The highest BCUT2D eigenvalue weighted by Gasteiger charge is 2.56. The lowest BCUT2D eigenvalue weighted by atomic mass is 9.96. The average molecular weight is 345 g/mol. The number of carbonyl (C=O) groups excluding carboxylic acids is 3. The maximum atomic E-state index is 12.6. The number of imide groups is 1. The molecule has 1 aromatic rings. The number of carbonyl (C=O) groups is 3. The molecule has 2 aliphatic heterocycles. The molecule has 0 aromatic carbocycles. The highest BCUT2D eigenvalue weighted by atomic mass is 16.2. The topological polar surface area (TPSA) is 96.3 Å². The lowest BCUT2D eigenvalue weighted by molar-refractivity contribution is -0.135. The highest BCUT2D eigenvalue weighted by Crippen LogP contribution is 2.42. The first-order valence-corrected chi connectivity index (χ1v) is 8.83. The van der Waals surface area contributed by atoms with Crippen molar-refractivity contribution in [2.75, 3.05) is 6.54 Å². The Labute approximate surface area is 146 Å². The third-order valence-electron chi connectivity index (χ3n) is 5.47. The Bertz CT molecular complexity index is 753. The van der Waals surface area contributed by atoms with Crippen LogP contribution in [-0.2, 0) is 22.6 Å². The Morgan fingerprint density at radius 1 is 1.40 bits per heavy atom. The van der Waals surface area contributed by atoms with Crippen molar-refractivity contribution >= 4 is 17.8 Å². The summed E-state index contributed by atoms with van der Waals surface area (Å²) in [6.07, 6.45) is 5.48. The molecular weight excluding hydrogens is 322 g/mol. The van der Waals surface area contributed by atoms with Gasteiger partial charge in [0.05, 0.1) is 5.69 Å². The molecule has 1 saturated carbocycles. The monoisotopic (exact) mass is 345 g/mol. The van der Waals surface area contributed by atoms with Crippen molar-refractivity contribution in [3.8, 4) is 0 Å². The van der Waals surface area contributed by atoms with Crippen molar-refractivity contribution in [3.63, 3.8) is 0 Å². The summed E-state index contributed by atoms with van der Waals surface area (Å²) in [6.45, 7) is 4.15. The van der Waals surface area contributed by atoms with Gasteiger partial charge in [-0.1, -0.05) is 0 Å². The minimum Gasteiger partial charge on any atom is -0.350 e. The molecule has 134 valence electrons. The summed E-state index contributed by atoms with van der Waals surface area (Å²) in [5, 5.41) is 5.71. The third-order valence-corrected chi connectivity index (χ3v) is 5.47. The zero-order chi connectivity index (χ0) is 17.8. The van der Waals surface area contributed by atoms with Gasteiger partial charge in [-0.15, -0.1) is 0 Å². The minimum atomic E-state index is -0.842. The van der Waals surface area contributed by atoms with Gasteiger partial charge >= 0.3 is 6.03 Å². The van der Waals surface area contributed by atoms with E-state index in [1.807, 2.05) is 13.1 Å². The van der Waals surface area contributed by atoms with Gasteiger partial charge < -0.3 is 15.2 Å². The van der Waals surface area contributed by atoms with Crippen LogP contribution in [0.4, 0.5) is 4.79 Å². The first kappa shape index (κ1) is 16.1. The number of nitrogens with zero attached hydrogens (tertiary/aromatic N) is 3. The molecule has 0 spiro atoms. The number of fused-ring (bicyclic) bond motifs is 1. The van der Waals surface area contributed by atoms with Crippen molar-refractivity contribution < 1.29 is 14.4 Å². The molecule has 0 unspecified atom stereocenters. The van der Waals surface area contributed by atoms with Crippen LogP contribution in [0.1, 0.15) is 37.7 Å². The molecule has 2 fully saturated rings. The van der Waals surface area contributed by atoms with E-state index in [1.54, 1.807) is 6.92 Å². The van der Waals surface area contributed by atoms with Crippen molar-refractivity contribution in [2.24, 2.45) is 5.92 Å². The summed E-state index contributed by atoms with van der Waals surface area (Å²) in [6, 6.07) is -0.477. The lowest BCUT2D eigenvalue weighted by Gasteiger charge is -2.25. The maximum Gasteiger partial charge on any atom is 0.325 e. The fourth-order valence-corrected chi connectivity index (χ4v) is 3.92. The summed E-state index contributed by atoms with van der Waals surface area (Å²) in [4.78, 5) is 42.5. The van der Waals surface area contributed by atoms with Crippen molar-refractivity contribution in [2.45, 2.75) is 57.7 Å². The van der Waals surface area contributed by atoms with E-state index in [-0.39, 0.29) is 30.3 Å². The maximum absolute atomic E-state index is 12.6. The normalized spacial score (nSPS) is 28.7. The number of aromatic nitrogens is 2. The first-order valence-electron chi connectivity index (χ1n) is 8.83. The second kappa shape index (κ2) is 5.57. The van der Waals surface area contributed by atoms with Gasteiger partial charge in [0.25, 0.3) is 5.91 Å². The van der Waals surface area contributed by atoms with Crippen LogP contribution in [0.15, 0.2) is 6.20 Å². The highest BCUT2D eigenvalue weighted by molar-refractivity contribution is 6.09. The number of rotatable bonds is 4. The number of hydrogen-bond donors (Lipinski definition) is 2. The molecule has 1 aliphatic carbocycles. The number of nitrogens with one attached hydrogen (secondary N) is 2. The Kier molecular flexibility index (Phi) is 3.59. The third kappa shape index (κ3) is 2.79. The number of amides is 4. The summed E-state index contributed by atoms with van der Waals surface area (Å²) in [7, 11) is 0. The number of hydrogen-bond acceptors (Lipinski definition) is 4. The fraction of sp³-hybridized carbons (Fsp3) is 0.647. The molecule has 2 N–H and O–H groups in total. The fourth-order valence-electron chi connectivity index (χ4n) is 3.92. The molecule has 8 nitrogen and oxygen atoms in total.